The molecular weight excluding hydrogens is 160 g/mol. The summed E-state index contributed by atoms with van der Waals surface area (Å²) in [7, 11) is 0. The van der Waals surface area contributed by atoms with Crippen LogP contribution in [0.15, 0.2) is 0 Å². The maximum Gasteiger partial charge on any atom is 0.0192 e. The fourth-order valence-electron chi connectivity index (χ4n) is 1.81. The quantitative estimate of drug-likeness (QED) is 0.715. The Bertz CT molecular complexity index is 134. The summed E-state index contributed by atoms with van der Waals surface area (Å²) >= 11 is 0. The Labute approximate surface area is 82.7 Å². The predicted molar refractivity (Wildman–Crippen MR) is 58.0 cm³/mol. The lowest BCUT2D eigenvalue weighted by Gasteiger charge is -2.33. The SMILES string of the molecule is CCC1CN(CCC(C)C)CCN1. The van der Waals surface area contributed by atoms with Crippen molar-refractivity contribution in [1.82, 2.24) is 10.2 Å². The molecule has 0 aliphatic carbocycles. The largest absolute Gasteiger partial charge is 0.311 e. The van der Waals surface area contributed by atoms with E-state index in [2.05, 4.69) is 31.0 Å². The third-order valence-corrected chi connectivity index (χ3v) is 2.86. The number of nitrogens with zero attached hydrogens (tertiary/aromatic N) is 1. The summed E-state index contributed by atoms with van der Waals surface area (Å²) in [6, 6.07) is 0.737. The first-order valence-electron chi connectivity index (χ1n) is 5.68. The molecule has 2 heteroatoms. The average molecular weight is 184 g/mol. The van der Waals surface area contributed by atoms with Gasteiger partial charge in [-0.1, -0.05) is 20.8 Å². The molecular formula is C11H24N2. The molecule has 13 heavy (non-hydrogen) atoms. The number of hydrogen-bond acceptors (Lipinski definition) is 2. The minimum absolute atomic E-state index is 0.737. The maximum atomic E-state index is 3.54. The van der Waals surface area contributed by atoms with Gasteiger partial charge in [-0.3, -0.25) is 0 Å². The van der Waals surface area contributed by atoms with Gasteiger partial charge in [0.15, 0.2) is 0 Å². The van der Waals surface area contributed by atoms with E-state index in [1.165, 1.54) is 39.0 Å². The molecule has 1 N–H and O–H groups in total. The molecule has 2 nitrogen and oxygen atoms in total. The zero-order valence-corrected chi connectivity index (χ0v) is 9.34. The Hall–Kier alpha value is -0.0800. The monoisotopic (exact) mass is 184 g/mol. The molecule has 1 fully saturated rings. The number of piperazine rings is 1. The van der Waals surface area contributed by atoms with E-state index in [9.17, 15) is 0 Å². The van der Waals surface area contributed by atoms with Crippen molar-refractivity contribution in [2.75, 3.05) is 26.2 Å². The highest BCUT2D eigenvalue weighted by atomic mass is 15.2. The summed E-state index contributed by atoms with van der Waals surface area (Å²) in [5.41, 5.74) is 0. The van der Waals surface area contributed by atoms with Crippen LogP contribution in [0.2, 0.25) is 0 Å². The van der Waals surface area contributed by atoms with Gasteiger partial charge in [0.25, 0.3) is 0 Å². The van der Waals surface area contributed by atoms with Crippen molar-refractivity contribution >= 4 is 0 Å². The van der Waals surface area contributed by atoms with E-state index >= 15 is 0 Å². The highest BCUT2D eigenvalue weighted by Gasteiger charge is 2.16. The number of rotatable bonds is 4. The van der Waals surface area contributed by atoms with Crippen molar-refractivity contribution in [1.29, 1.82) is 0 Å². The summed E-state index contributed by atoms with van der Waals surface area (Å²) < 4.78 is 0. The van der Waals surface area contributed by atoms with Gasteiger partial charge in [0, 0.05) is 25.7 Å². The number of hydrogen-bond donors (Lipinski definition) is 1. The van der Waals surface area contributed by atoms with Gasteiger partial charge < -0.3 is 10.2 Å². The van der Waals surface area contributed by atoms with Crippen LogP contribution < -0.4 is 5.32 Å². The zero-order valence-electron chi connectivity index (χ0n) is 9.34. The Morgan fingerprint density at radius 1 is 1.46 bits per heavy atom. The summed E-state index contributed by atoms with van der Waals surface area (Å²) in [6.07, 6.45) is 2.61. The lowest BCUT2D eigenvalue weighted by Crippen LogP contribution is -2.50. The Balaban J connectivity index is 2.18. The van der Waals surface area contributed by atoms with Gasteiger partial charge in [0.1, 0.15) is 0 Å². The Morgan fingerprint density at radius 3 is 2.85 bits per heavy atom. The molecule has 1 rings (SSSR count). The normalized spacial score (nSPS) is 25.4. The number of nitrogens with one attached hydrogen (secondary N) is 1. The van der Waals surface area contributed by atoms with Gasteiger partial charge >= 0.3 is 0 Å². The minimum Gasteiger partial charge on any atom is -0.311 e. The first-order chi connectivity index (χ1) is 6.22. The van der Waals surface area contributed by atoms with Crippen LogP contribution in [0.4, 0.5) is 0 Å². The molecule has 1 atom stereocenters. The van der Waals surface area contributed by atoms with Crippen molar-refractivity contribution in [2.45, 2.75) is 39.7 Å². The fraction of sp³-hybridized carbons (Fsp3) is 1.00. The van der Waals surface area contributed by atoms with Crippen LogP contribution in [0.1, 0.15) is 33.6 Å². The first kappa shape index (κ1) is 11.0. The standard InChI is InChI=1S/C11H24N2/c1-4-11-9-13(8-6-12-11)7-5-10(2)3/h10-12H,4-9H2,1-3H3. The van der Waals surface area contributed by atoms with Gasteiger partial charge in [-0.15, -0.1) is 0 Å². The van der Waals surface area contributed by atoms with Gasteiger partial charge in [-0.05, 0) is 25.3 Å². The molecule has 0 aromatic heterocycles. The van der Waals surface area contributed by atoms with Gasteiger partial charge in [0.2, 0.25) is 0 Å². The van der Waals surface area contributed by atoms with Crippen LogP contribution in [0.25, 0.3) is 0 Å². The Kier molecular flexibility index (Phi) is 4.74. The first-order valence-corrected chi connectivity index (χ1v) is 5.68. The van der Waals surface area contributed by atoms with Crippen LogP contribution in [0, 0.1) is 5.92 Å². The molecule has 0 amide bonds. The third-order valence-electron chi connectivity index (χ3n) is 2.86. The molecule has 1 heterocycles. The van der Waals surface area contributed by atoms with E-state index in [1.54, 1.807) is 0 Å². The minimum atomic E-state index is 0.737. The lowest BCUT2D eigenvalue weighted by atomic mass is 10.1. The van der Waals surface area contributed by atoms with E-state index in [-0.39, 0.29) is 0 Å². The zero-order chi connectivity index (χ0) is 9.68. The molecule has 1 aliphatic heterocycles. The Morgan fingerprint density at radius 2 is 2.23 bits per heavy atom. The summed E-state index contributed by atoms with van der Waals surface area (Å²) in [6.45, 7) is 11.8. The second kappa shape index (κ2) is 5.61. The molecule has 0 aromatic carbocycles. The third kappa shape index (κ3) is 4.10. The smallest absolute Gasteiger partial charge is 0.0192 e. The molecule has 1 saturated heterocycles. The van der Waals surface area contributed by atoms with Gasteiger partial charge in [-0.2, -0.15) is 0 Å². The molecule has 0 aromatic rings. The van der Waals surface area contributed by atoms with Crippen LogP contribution in [-0.4, -0.2) is 37.1 Å². The second-order valence-electron chi connectivity index (χ2n) is 4.54. The maximum absolute atomic E-state index is 3.54. The summed E-state index contributed by atoms with van der Waals surface area (Å²) in [4.78, 5) is 2.60. The molecule has 1 aliphatic rings. The molecule has 0 bridgehead atoms. The highest BCUT2D eigenvalue weighted by Crippen LogP contribution is 2.06. The summed E-state index contributed by atoms with van der Waals surface area (Å²) in [5.74, 6) is 0.843. The van der Waals surface area contributed by atoms with E-state index in [1.807, 2.05) is 0 Å². The lowest BCUT2D eigenvalue weighted by molar-refractivity contribution is 0.188. The molecule has 78 valence electrons. The van der Waals surface area contributed by atoms with Crippen molar-refractivity contribution in [3.63, 3.8) is 0 Å². The van der Waals surface area contributed by atoms with Crippen LogP contribution in [0.3, 0.4) is 0 Å². The van der Waals surface area contributed by atoms with E-state index < -0.39 is 0 Å². The van der Waals surface area contributed by atoms with Crippen molar-refractivity contribution in [3.05, 3.63) is 0 Å². The van der Waals surface area contributed by atoms with Crippen LogP contribution in [0.5, 0.6) is 0 Å². The van der Waals surface area contributed by atoms with Crippen molar-refractivity contribution < 1.29 is 0 Å². The molecule has 0 radical (unpaired) electrons. The summed E-state index contributed by atoms with van der Waals surface area (Å²) in [5, 5.41) is 3.54. The molecule has 1 unspecified atom stereocenters. The van der Waals surface area contributed by atoms with E-state index in [0.29, 0.717) is 0 Å². The highest BCUT2D eigenvalue weighted by molar-refractivity contribution is 4.77. The fourth-order valence-corrected chi connectivity index (χ4v) is 1.81. The molecule has 0 spiro atoms. The van der Waals surface area contributed by atoms with Crippen molar-refractivity contribution in [3.8, 4) is 0 Å². The second-order valence-corrected chi connectivity index (χ2v) is 4.54. The van der Waals surface area contributed by atoms with Crippen molar-refractivity contribution in [2.24, 2.45) is 5.92 Å². The predicted octanol–water partition coefficient (Wildman–Crippen LogP) is 1.72. The average Bonchev–Trinajstić information content (AvgIpc) is 2.15. The van der Waals surface area contributed by atoms with Crippen LogP contribution in [-0.2, 0) is 0 Å². The van der Waals surface area contributed by atoms with E-state index in [4.69, 9.17) is 0 Å². The molecule has 0 saturated carbocycles. The topological polar surface area (TPSA) is 15.3 Å². The van der Waals surface area contributed by atoms with Crippen LogP contribution >= 0.6 is 0 Å². The van der Waals surface area contributed by atoms with E-state index in [0.717, 1.165) is 12.0 Å². The van der Waals surface area contributed by atoms with Gasteiger partial charge in [0.05, 0.1) is 0 Å². The van der Waals surface area contributed by atoms with Gasteiger partial charge in [-0.25, -0.2) is 0 Å².